The van der Waals surface area contributed by atoms with Gasteiger partial charge in [-0.15, -0.1) is 10.2 Å². The lowest BCUT2D eigenvalue weighted by atomic mass is 10.0. The average molecular weight is 243 g/mol. The molecule has 18 heavy (non-hydrogen) atoms. The fourth-order valence-electron chi connectivity index (χ4n) is 2.32. The van der Waals surface area contributed by atoms with E-state index in [0.717, 1.165) is 36.6 Å². The van der Waals surface area contributed by atoms with Crippen molar-refractivity contribution in [3.05, 3.63) is 24.3 Å². The molecule has 5 heteroatoms. The minimum absolute atomic E-state index is 0.0905. The monoisotopic (exact) mass is 243 g/mol. The average Bonchev–Trinajstić information content (AvgIpc) is 2.37. The molecule has 0 aliphatic carbocycles. The van der Waals surface area contributed by atoms with Gasteiger partial charge in [0.2, 0.25) is 5.95 Å². The molecule has 1 N–H and O–H groups in total. The Hall–Kier alpha value is -1.75. The summed E-state index contributed by atoms with van der Waals surface area (Å²) in [5, 5.41) is 11.9. The highest BCUT2D eigenvalue weighted by Gasteiger charge is 2.27. The second-order valence-corrected chi connectivity index (χ2v) is 5.33. The third-order valence-corrected chi connectivity index (χ3v) is 3.20. The minimum atomic E-state index is 0.0905. The highest BCUT2D eigenvalue weighted by Crippen LogP contribution is 2.17. The second kappa shape index (κ2) is 4.17. The maximum atomic E-state index is 4.59. The number of rotatable bonds is 1. The van der Waals surface area contributed by atoms with Crippen molar-refractivity contribution in [2.75, 3.05) is 24.5 Å². The van der Waals surface area contributed by atoms with Crippen LogP contribution in [0.1, 0.15) is 13.8 Å². The molecule has 1 aliphatic heterocycles. The van der Waals surface area contributed by atoms with Gasteiger partial charge >= 0.3 is 0 Å². The zero-order valence-corrected chi connectivity index (χ0v) is 10.7. The molecule has 0 unspecified atom stereocenters. The van der Waals surface area contributed by atoms with Gasteiger partial charge in [-0.1, -0.05) is 12.1 Å². The Kier molecular flexibility index (Phi) is 2.63. The largest absolute Gasteiger partial charge is 0.336 e. The van der Waals surface area contributed by atoms with Gasteiger partial charge in [0.15, 0.2) is 0 Å². The van der Waals surface area contributed by atoms with E-state index in [1.165, 1.54) is 0 Å². The van der Waals surface area contributed by atoms with Crippen LogP contribution in [0.4, 0.5) is 5.95 Å². The van der Waals surface area contributed by atoms with Crippen molar-refractivity contribution in [3.8, 4) is 0 Å². The van der Waals surface area contributed by atoms with Crippen molar-refractivity contribution in [1.82, 2.24) is 20.5 Å². The Morgan fingerprint density at radius 2 is 1.94 bits per heavy atom. The summed E-state index contributed by atoms with van der Waals surface area (Å²) < 4.78 is 0. The summed E-state index contributed by atoms with van der Waals surface area (Å²) in [4.78, 5) is 6.78. The van der Waals surface area contributed by atoms with Gasteiger partial charge < -0.3 is 10.2 Å². The number of hydrogen-bond acceptors (Lipinski definition) is 5. The van der Waals surface area contributed by atoms with E-state index >= 15 is 0 Å². The van der Waals surface area contributed by atoms with Crippen molar-refractivity contribution in [2.24, 2.45) is 0 Å². The summed E-state index contributed by atoms with van der Waals surface area (Å²) in [5.41, 5.74) is 1.84. The molecule has 1 aromatic heterocycles. The molecule has 1 aliphatic rings. The van der Waals surface area contributed by atoms with E-state index < -0.39 is 0 Å². The lowest BCUT2D eigenvalue weighted by Crippen LogP contribution is -2.57. The van der Waals surface area contributed by atoms with Crippen LogP contribution < -0.4 is 10.2 Å². The number of fused-ring (bicyclic) bond motifs is 1. The van der Waals surface area contributed by atoms with Gasteiger partial charge in [-0.3, -0.25) is 0 Å². The van der Waals surface area contributed by atoms with Crippen LogP contribution in [0, 0.1) is 0 Å². The SMILES string of the molecule is CC1(C)CN(c2nnc3ccccc3n2)CCN1. The first-order valence-corrected chi connectivity index (χ1v) is 6.23. The molecule has 0 spiro atoms. The van der Waals surface area contributed by atoms with E-state index in [1.807, 2.05) is 24.3 Å². The van der Waals surface area contributed by atoms with Crippen LogP contribution in [-0.4, -0.2) is 40.4 Å². The Balaban J connectivity index is 1.94. The van der Waals surface area contributed by atoms with Crippen LogP contribution in [-0.2, 0) is 0 Å². The maximum Gasteiger partial charge on any atom is 0.246 e. The molecule has 0 amide bonds. The van der Waals surface area contributed by atoms with Gasteiger partial charge in [-0.2, -0.15) is 0 Å². The summed E-state index contributed by atoms with van der Waals surface area (Å²) >= 11 is 0. The first-order chi connectivity index (χ1) is 8.64. The Bertz CT molecular complexity index is 566. The highest BCUT2D eigenvalue weighted by atomic mass is 15.3. The summed E-state index contributed by atoms with van der Waals surface area (Å²) in [6.45, 7) is 7.14. The van der Waals surface area contributed by atoms with E-state index in [1.54, 1.807) is 0 Å². The number of piperazine rings is 1. The zero-order chi connectivity index (χ0) is 12.6. The summed E-state index contributed by atoms with van der Waals surface area (Å²) in [5.74, 6) is 0.725. The summed E-state index contributed by atoms with van der Waals surface area (Å²) in [6, 6.07) is 7.83. The Labute approximate surface area is 106 Å². The Morgan fingerprint density at radius 3 is 2.72 bits per heavy atom. The first kappa shape index (κ1) is 11.3. The third kappa shape index (κ3) is 2.13. The predicted octanol–water partition coefficient (Wildman–Crippen LogP) is 1.21. The van der Waals surface area contributed by atoms with E-state index in [0.29, 0.717) is 0 Å². The molecule has 3 rings (SSSR count). The second-order valence-electron chi connectivity index (χ2n) is 5.33. The van der Waals surface area contributed by atoms with Crippen LogP contribution in [0.25, 0.3) is 11.0 Å². The lowest BCUT2D eigenvalue weighted by Gasteiger charge is -2.38. The van der Waals surface area contributed by atoms with Gasteiger partial charge in [0.1, 0.15) is 5.52 Å². The predicted molar refractivity (Wildman–Crippen MR) is 71.6 cm³/mol. The molecule has 5 nitrogen and oxygen atoms in total. The molecule has 94 valence electrons. The van der Waals surface area contributed by atoms with Crippen LogP contribution in [0.5, 0.6) is 0 Å². The summed E-state index contributed by atoms with van der Waals surface area (Å²) in [6.07, 6.45) is 0. The quantitative estimate of drug-likeness (QED) is 0.816. The van der Waals surface area contributed by atoms with Gasteiger partial charge in [0.05, 0.1) is 5.52 Å². The number of nitrogens with one attached hydrogen (secondary N) is 1. The molecule has 0 radical (unpaired) electrons. The molecule has 1 fully saturated rings. The number of aromatic nitrogens is 3. The van der Waals surface area contributed by atoms with Crippen molar-refractivity contribution >= 4 is 17.0 Å². The molecular formula is C13H17N5. The Morgan fingerprint density at radius 1 is 1.17 bits per heavy atom. The molecule has 1 aromatic carbocycles. The van der Waals surface area contributed by atoms with Gasteiger partial charge in [-0.25, -0.2) is 4.98 Å². The third-order valence-electron chi connectivity index (χ3n) is 3.20. The van der Waals surface area contributed by atoms with Gasteiger partial charge in [-0.05, 0) is 26.0 Å². The standard InChI is InChI=1S/C13H17N5/c1-13(2)9-18(8-7-14-13)12-15-10-5-3-4-6-11(10)16-17-12/h3-6,14H,7-9H2,1-2H3. The van der Waals surface area contributed by atoms with E-state index in [-0.39, 0.29) is 5.54 Å². The molecule has 0 bridgehead atoms. The molecule has 1 saturated heterocycles. The van der Waals surface area contributed by atoms with Crippen LogP contribution in [0.3, 0.4) is 0 Å². The topological polar surface area (TPSA) is 53.9 Å². The lowest BCUT2D eigenvalue weighted by molar-refractivity contribution is 0.350. The van der Waals surface area contributed by atoms with Gasteiger partial charge in [0, 0.05) is 25.2 Å². The van der Waals surface area contributed by atoms with Crippen molar-refractivity contribution < 1.29 is 0 Å². The molecule has 0 saturated carbocycles. The fourth-order valence-corrected chi connectivity index (χ4v) is 2.32. The molecular weight excluding hydrogens is 226 g/mol. The van der Waals surface area contributed by atoms with Crippen molar-refractivity contribution in [1.29, 1.82) is 0 Å². The van der Waals surface area contributed by atoms with E-state index in [4.69, 9.17) is 0 Å². The number of para-hydroxylation sites is 1. The highest BCUT2D eigenvalue weighted by molar-refractivity contribution is 5.74. The normalized spacial score (nSPS) is 19.1. The minimum Gasteiger partial charge on any atom is -0.336 e. The number of anilines is 1. The van der Waals surface area contributed by atoms with Crippen molar-refractivity contribution in [2.45, 2.75) is 19.4 Å². The summed E-state index contributed by atoms with van der Waals surface area (Å²) in [7, 11) is 0. The smallest absolute Gasteiger partial charge is 0.246 e. The number of benzene rings is 1. The van der Waals surface area contributed by atoms with Gasteiger partial charge in [0.25, 0.3) is 0 Å². The first-order valence-electron chi connectivity index (χ1n) is 6.23. The zero-order valence-electron chi connectivity index (χ0n) is 10.7. The molecule has 0 atom stereocenters. The van der Waals surface area contributed by atoms with Crippen molar-refractivity contribution in [3.63, 3.8) is 0 Å². The number of nitrogens with zero attached hydrogens (tertiary/aromatic N) is 4. The fraction of sp³-hybridized carbons (Fsp3) is 0.462. The van der Waals surface area contributed by atoms with E-state index in [9.17, 15) is 0 Å². The van der Waals surface area contributed by atoms with Crippen LogP contribution in [0.15, 0.2) is 24.3 Å². The number of hydrogen-bond donors (Lipinski definition) is 1. The van der Waals surface area contributed by atoms with Crippen LogP contribution in [0.2, 0.25) is 0 Å². The van der Waals surface area contributed by atoms with Crippen LogP contribution >= 0.6 is 0 Å². The van der Waals surface area contributed by atoms with E-state index in [2.05, 4.69) is 39.2 Å². The maximum absolute atomic E-state index is 4.59. The molecule has 2 aromatic rings. The molecule has 2 heterocycles.